The summed E-state index contributed by atoms with van der Waals surface area (Å²) in [6.45, 7) is 2.40. The van der Waals surface area contributed by atoms with Gasteiger partial charge in [0, 0.05) is 6.54 Å². The van der Waals surface area contributed by atoms with E-state index in [1.807, 2.05) is 24.3 Å². The van der Waals surface area contributed by atoms with Crippen LogP contribution in [0.5, 0.6) is 5.75 Å². The summed E-state index contributed by atoms with van der Waals surface area (Å²) in [4.78, 5) is 0. The fourth-order valence-corrected chi connectivity index (χ4v) is 1.73. The van der Waals surface area contributed by atoms with E-state index < -0.39 is 0 Å². The number of para-hydroxylation sites is 2. The van der Waals surface area contributed by atoms with Gasteiger partial charge in [-0.2, -0.15) is 0 Å². The van der Waals surface area contributed by atoms with Gasteiger partial charge in [0.15, 0.2) is 0 Å². The van der Waals surface area contributed by atoms with Crippen molar-refractivity contribution in [2.45, 2.75) is 6.42 Å². The lowest BCUT2D eigenvalue weighted by Crippen LogP contribution is -2.14. The molecule has 3 heteroatoms. The molecule has 0 aromatic heterocycles. The van der Waals surface area contributed by atoms with Crippen LogP contribution < -0.4 is 10.1 Å². The SMILES string of the molecule is COc1ccccc1NCC1=CCCOC1. The average Bonchev–Trinajstić information content (AvgIpc) is 2.38. The number of hydrogen-bond donors (Lipinski definition) is 1. The van der Waals surface area contributed by atoms with Crippen LogP contribution in [-0.4, -0.2) is 26.9 Å². The molecular formula is C13H17NO2. The minimum atomic E-state index is 0.738. The Kier molecular flexibility index (Phi) is 3.83. The van der Waals surface area contributed by atoms with Gasteiger partial charge >= 0.3 is 0 Å². The van der Waals surface area contributed by atoms with E-state index in [0.29, 0.717) is 0 Å². The van der Waals surface area contributed by atoms with Crippen LogP contribution in [-0.2, 0) is 4.74 Å². The number of hydrogen-bond acceptors (Lipinski definition) is 3. The summed E-state index contributed by atoms with van der Waals surface area (Å²) in [5, 5.41) is 3.36. The third kappa shape index (κ3) is 2.76. The quantitative estimate of drug-likeness (QED) is 0.789. The largest absolute Gasteiger partial charge is 0.495 e. The molecule has 0 bridgehead atoms. The predicted molar refractivity (Wildman–Crippen MR) is 65.0 cm³/mol. The van der Waals surface area contributed by atoms with E-state index in [1.165, 1.54) is 5.57 Å². The van der Waals surface area contributed by atoms with Crippen LogP contribution in [0.15, 0.2) is 35.9 Å². The molecule has 0 saturated carbocycles. The highest BCUT2D eigenvalue weighted by Gasteiger charge is 2.05. The molecule has 0 spiro atoms. The second-order valence-corrected chi connectivity index (χ2v) is 3.76. The Bertz CT molecular complexity index is 374. The zero-order chi connectivity index (χ0) is 11.2. The number of anilines is 1. The highest BCUT2D eigenvalue weighted by molar-refractivity contribution is 5.56. The second kappa shape index (κ2) is 5.56. The highest BCUT2D eigenvalue weighted by atomic mass is 16.5. The third-order valence-electron chi connectivity index (χ3n) is 2.60. The molecule has 1 aromatic rings. The molecule has 0 aliphatic carbocycles. The van der Waals surface area contributed by atoms with Gasteiger partial charge in [-0.05, 0) is 24.1 Å². The van der Waals surface area contributed by atoms with Crippen molar-refractivity contribution in [1.29, 1.82) is 0 Å². The lowest BCUT2D eigenvalue weighted by atomic mass is 10.2. The smallest absolute Gasteiger partial charge is 0.141 e. The Balaban J connectivity index is 1.96. The molecule has 0 radical (unpaired) electrons. The zero-order valence-electron chi connectivity index (χ0n) is 9.53. The molecule has 1 aromatic carbocycles. The van der Waals surface area contributed by atoms with E-state index in [-0.39, 0.29) is 0 Å². The third-order valence-corrected chi connectivity index (χ3v) is 2.60. The monoisotopic (exact) mass is 219 g/mol. The number of nitrogens with one attached hydrogen (secondary N) is 1. The van der Waals surface area contributed by atoms with Crippen LogP contribution in [0.4, 0.5) is 5.69 Å². The molecule has 86 valence electrons. The summed E-state index contributed by atoms with van der Waals surface area (Å²) < 4.78 is 10.7. The maximum Gasteiger partial charge on any atom is 0.141 e. The maximum atomic E-state index is 5.39. The van der Waals surface area contributed by atoms with Gasteiger partial charge in [0.05, 0.1) is 26.0 Å². The second-order valence-electron chi connectivity index (χ2n) is 3.76. The van der Waals surface area contributed by atoms with Gasteiger partial charge in [-0.3, -0.25) is 0 Å². The van der Waals surface area contributed by atoms with Crippen molar-refractivity contribution < 1.29 is 9.47 Å². The standard InChI is InChI=1S/C13H17NO2/c1-15-13-7-3-2-6-12(13)14-9-11-5-4-8-16-10-11/h2-3,5-7,14H,4,8-10H2,1H3. The molecule has 1 aliphatic heterocycles. The lowest BCUT2D eigenvalue weighted by molar-refractivity contribution is 0.150. The topological polar surface area (TPSA) is 30.5 Å². The molecule has 0 fully saturated rings. The van der Waals surface area contributed by atoms with E-state index in [2.05, 4.69) is 11.4 Å². The van der Waals surface area contributed by atoms with E-state index >= 15 is 0 Å². The van der Waals surface area contributed by atoms with Crippen molar-refractivity contribution in [3.05, 3.63) is 35.9 Å². The van der Waals surface area contributed by atoms with Crippen molar-refractivity contribution >= 4 is 5.69 Å². The van der Waals surface area contributed by atoms with Gasteiger partial charge in [-0.25, -0.2) is 0 Å². The van der Waals surface area contributed by atoms with Crippen molar-refractivity contribution in [3.63, 3.8) is 0 Å². The van der Waals surface area contributed by atoms with Crippen LogP contribution in [0, 0.1) is 0 Å². The van der Waals surface area contributed by atoms with Crippen LogP contribution in [0.2, 0.25) is 0 Å². The molecular weight excluding hydrogens is 202 g/mol. The Morgan fingerprint density at radius 2 is 2.25 bits per heavy atom. The first-order chi connectivity index (χ1) is 7.90. The summed E-state index contributed by atoms with van der Waals surface area (Å²) in [5.41, 5.74) is 2.33. The fourth-order valence-electron chi connectivity index (χ4n) is 1.73. The van der Waals surface area contributed by atoms with E-state index in [1.54, 1.807) is 7.11 Å². The summed E-state index contributed by atoms with van der Waals surface area (Å²) in [6.07, 6.45) is 3.26. The van der Waals surface area contributed by atoms with Gasteiger partial charge in [0.2, 0.25) is 0 Å². The highest BCUT2D eigenvalue weighted by Crippen LogP contribution is 2.23. The summed E-state index contributed by atoms with van der Waals surface area (Å²) in [5.74, 6) is 0.875. The first kappa shape index (κ1) is 11.0. The Labute approximate surface area is 96.1 Å². The Hall–Kier alpha value is -1.48. The van der Waals surface area contributed by atoms with Gasteiger partial charge in [-0.15, -0.1) is 0 Å². The molecule has 1 heterocycles. The Morgan fingerprint density at radius 3 is 3.00 bits per heavy atom. The van der Waals surface area contributed by atoms with Crippen LogP contribution >= 0.6 is 0 Å². The number of benzene rings is 1. The van der Waals surface area contributed by atoms with Gasteiger partial charge in [-0.1, -0.05) is 18.2 Å². The van der Waals surface area contributed by atoms with E-state index in [4.69, 9.17) is 9.47 Å². The summed E-state index contributed by atoms with van der Waals surface area (Å²) in [6, 6.07) is 7.93. The van der Waals surface area contributed by atoms with Crippen LogP contribution in [0.3, 0.4) is 0 Å². The minimum Gasteiger partial charge on any atom is -0.495 e. The lowest BCUT2D eigenvalue weighted by Gasteiger charge is -2.16. The van der Waals surface area contributed by atoms with Crippen molar-refractivity contribution in [2.24, 2.45) is 0 Å². The molecule has 0 amide bonds. The molecule has 2 rings (SSSR count). The van der Waals surface area contributed by atoms with Crippen LogP contribution in [0.25, 0.3) is 0 Å². The van der Waals surface area contributed by atoms with Gasteiger partial charge < -0.3 is 14.8 Å². The van der Waals surface area contributed by atoms with Gasteiger partial charge in [0.1, 0.15) is 5.75 Å². The number of rotatable bonds is 4. The average molecular weight is 219 g/mol. The first-order valence-corrected chi connectivity index (χ1v) is 5.52. The molecule has 1 aliphatic rings. The van der Waals surface area contributed by atoms with Crippen molar-refractivity contribution in [3.8, 4) is 5.75 Å². The predicted octanol–water partition coefficient (Wildman–Crippen LogP) is 2.45. The summed E-state index contributed by atoms with van der Waals surface area (Å²) >= 11 is 0. The molecule has 0 unspecified atom stereocenters. The Morgan fingerprint density at radius 1 is 1.38 bits per heavy atom. The minimum absolute atomic E-state index is 0.738. The molecule has 1 N–H and O–H groups in total. The fraction of sp³-hybridized carbons (Fsp3) is 0.385. The zero-order valence-corrected chi connectivity index (χ0v) is 9.53. The molecule has 16 heavy (non-hydrogen) atoms. The first-order valence-electron chi connectivity index (χ1n) is 5.52. The maximum absolute atomic E-state index is 5.39. The normalized spacial score (nSPS) is 15.4. The van der Waals surface area contributed by atoms with Crippen molar-refractivity contribution in [1.82, 2.24) is 0 Å². The number of ether oxygens (including phenoxy) is 2. The van der Waals surface area contributed by atoms with Crippen molar-refractivity contribution in [2.75, 3.05) is 32.2 Å². The molecule has 0 atom stereocenters. The summed E-state index contributed by atoms with van der Waals surface area (Å²) in [7, 11) is 1.68. The van der Waals surface area contributed by atoms with Crippen LogP contribution in [0.1, 0.15) is 6.42 Å². The number of methoxy groups -OCH3 is 1. The molecule has 0 saturated heterocycles. The van der Waals surface area contributed by atoms with E-state index in [0.717, 1.165) is 37.6 Å². The molecule has 3 nitrogen and oxygen atoms in total. The van der Waals surface area contributed by atoms with Gasteiger partial charge in [0.25, 0.3) is 0 Å². The van der Waals surface area contributed by atoms with E-state index in [9.17, 15) is 0 Å².